The summed E-state index contributed by atoms with van der Waals surface area (Å²) in [6.07, 6.45) is 20.6. The summed E-state index contributed by atoms with van der Waals surface area (Å²) in [4.78, 5) is 15.4. The van der Waals surface area contributed by atoms with Crippen LogP contribution in [0.3, 0.4) is 0 Å². The number of allylic oxidation sites excluding steroid dienone is 3. The molecule has 0 heterocycles. The summed E-state index contributed by atoms with van der Waals surface area (Å²) in [6.45, 7) is 4.10. The van der Waals surface area contributed by atoms with Crippen LogP contribution in [0.25, 0.3) is 0 Å². The molecular weight excluding hydrogens is 310 g/mol. The largest absolute Gasteiger partial charge is 0.439 e. The third-order valence-electron chi connectivity index (χ3n) is 6.28. The minimum absolute atomic E-state index is 0.0701. The summed E-state index contributed by atoms with van der Waals surface area (Å²) in [6, 6.07) is 0.778. The SMILES string of the molecule is CC(C)(OC(=O)N(C1CCCCC1)C1CCCCC1)C1=CC=CCC1. The van der Waals surface area contributed by atoms with E-state index in [9.17, 15) is 4.79 Å². The Kier molecular flexibility index (Phi) is 6.24. The monoisotopic (exact) mass is 345 g/mol. The van der Waals surface area contributed by atoms with Gasteiger partial charge in [0.05, 0.1) is 0 Å². The van der Waals surface area contributed by atoms with Gasteiger partial charge in [0.1, 0.15) is 5.60 Å². The van der Waals surface area contributed by atoms with E-state index >= 15 is 0 Å². The van der Waals surface area contributed by atoms with E-state index in [1.54, 1.807) is 0 Å². The van der Waals surface area contributed by atoms with Gasteiger partial charge in [-0.25, -0.2) is 4.79 Å². The van der Waals surface area contributed by atoms with Crippen molar-refractivity contribution in [1.82, 2.24) is 4.90 Å². The molecule has 3 nitrogen and oxygen atoms in total. The van der Waals surface area contributed by atoms with E-state index < -0.39 is 5.60 Å². The zero-order valence-electron chi connectivity index (χ0n) is 16.1. The smallest absolute Gasteiger partial charge is 0.411 e. The second-order valence-electron chi connectivity index (χ2n) is 8.53. The number of nitrogens with zero attached hydrogens (tertiary/aromatic N) is 1. The molecule has 140 valence electrons. The lowest BCUT2D eigenvalue weighted by Gasteiger charge is -2.42. The van der Waals surface area contributed by atoms with Gasteiger partial charge in [0.2, 0.25) is 0 Å². The van der Waals surface area contributed by atoms with E-state index in [4.69, 9.17) is 4.74 Å². The fraction of sp³-hybridized carbons (Fsp3) is 0.773. The van der Waals surface area contributed by atoms with Gasteiger partial charge in [0.25, 0.3) is 0 Å². The first kappa shape index (κ1) is 18.5. The molecule has 2 saturated carbocycles. The first-order valence-electron chi connectivity index (χ1n) is 10.5. The summed E-state index contributed by atoms with van der Waals surface area (Å²) in [5, 5.41) is 0. The maximum atomic E-state index is 13.3. The molecule has 0 aromatic carbocycles. The van der Waals surface area contributed by atoms with Crippen molar-refractivity contribution < 1.29 is 9.53 Å². The van der Waals surface area contributed by atoms with Crippen molar-refractivity contribution >= 4 is 6.09 Å². The summed E-state index contributed by atoms with van der Waals surface area (Å²) < 4.78 is 6.13. The van der Waals surface area contributed by atoms with Crippen LogP contribution in [-0.4, -0.2) is 28.7 Å². The van der Waals surface area contributed by atoms with Gasteiger partial charge in [0, 0.05) is 12.1 Å². The summed E-state index contributed by atoms with van der Waals surface area (Å²) in [5.41, 5.74) is 0.722. The Bertz CT molecular complexity index is 490. The van der Waals surface area contributed by atoms with Gasteiger partial charge in [-0.15, -0.1) is 0 Å². The van der Waals surface area contributed by atoms with Crippen LogP contribution >= 0.6 is 0 Å². The molecule has 0 atom stereocenters. The van der Waals surface area contributed by atoms with Gasteiger partial charge >= 0.3 is 6.09 Å². The van der Waals surface area contributed by atoms with Gasteiger partial charge in [-0.1, -0.05) is 56.8 Å². The lowest BCUT2D eigenvalue weighted by Crippen LogP contribution is -2.51. The van der Waals surface area contributed by atoms with Crippen LogP contribution < -0.4 is 0 Å². The zero-order chi connectivity index (χ0) is 17.7. The number of carbonyl (C=O) groups excluding carboxylic acids is 1. The van der Waals surface area contributed by atoms with Crippen LogP contribution in [0.1, 0.15) is 90.9 Å². The highest BCUT2D eigenvalue weighted by Crippen LogP contribution is 2.33. The van der Waals surface area contributed by atoms with E-state index in [0.717, 1.165) is 38.5 Å². The lowest BCUT2D eigenvalue weighted by molar-refractivity contribution is 0.000913. The van der Waals surface area contributed by atoms with Crippen molar-refractivity contribution in [3.8, 4) is 0 Å². The van der Waals surface area contributed by atoms with Crippen molar-refractivity contribution in [2.75, 3.05) is 0 Å². The predicted octanol–water partition coefficient (Wildman–Crippen LogP) is 6.15. The molecule has 0 radical (unpaired) electrons. The van der Waals surface area contributed by atoms with E-state index in [1.165, 1.54) is 44.1 Å². The van der Waals surface area contributed by atoms with Gasteiger partial charge in [-0.3, -0.25) is 0 Å². The zero-order valence-corrected chi connectivity index (χ0v) is 16.1. The van der Waals surface area contributed by atoms with Crippen molar-refractivity contribution in [2.45, 2.75) is 109 Å². The molecule has 2 fully saturated rings. The van der Waals surface area contributed by atoms with Crippen molar-refractivity contribution in [2.24, 2.45) is 0 Å². The van der Waals surface area contributed by atoms with Crippen molar-refractivity contribution in [3.05, 3.63) is 23.8 Å². The molecule has 1 amide bonds. The highest BCUT2D eigenvalue weighted by Gasteiger charge is 2.37. The number of carbonyl (C=O) groups is 1. The van der Waals surface area contributed by atoms with Crippen LogP contribution in [0.5, 0.6) is 0 Å². The van der Waals surface area contributed by atoms with Crippen LogP contribution in [0.2, 0.25) is 0 Å². The molecule has 0 N–H and O–H groups in total. The molecule has 3 heteroatoms. The molecule has 0 aliphatic heterocycles. The van der Waals surface area contributed by atoms with Gasteiger partial charge in [-0.05, 0) is 57.9 Å². The third kappa shape index (κ3) is 4.68. The Labute approximate surface area is 153 Å². The molecule has 3 rings (SSSR count). The van der Waals surface area contributed by atoms with Gasteiger partial charge in [-0.2, -0.15) is 0 Å². The quantitative estimate of drug-likeness (QED) is 0.612. The van der Waals surface area contributed by atoms with Crippen LogP contribution in [0.15, 0.2) is 23.8 Å². The standard InChI is InChI=1S/C22H35NO2/c1-22(2,18-12-6-3-7-13-18)25-21(24)23(19-14-8-4-9-15-19)20-16-10-5-11-17-20/h3,6,12,19-20H,4-5,7-11,13-17H2,1-2H3. The second-order valence-corrected chi connectivity index (χ2v) is 8.53. The highest BCUT2D eigenvalue weighted by atomic mass is 16.6. The molecule has 0 unspecified atom stereocenters. The van der Waals surface area contributed by atoms with Crippen molar-refractivity contribution in [3.63, 3.8) is 0 Å². The highest BCUT2D eigenvalue weighted by molar-refractivity contribution is 5.69. The third-order valence-corrected chi connectivity index (χ3v) is 6.28. The minimum Gasteiger partial charge on any atom is -0.439 e. The van der Waals surface area contributed by atoms with E-state index in [0.29, 0.717) is 12.1 Å². The molecule has 25 heavy (non-hydrogen) atoms. The maximum absolute atomic E-state index is 13.3. The topological polar surface area (TPSA) is 29.5 Å². The molecule has 0 spiro atoms. The van der Waals surface area contributed by atoms with E-state index in [2.05, 4.69) is 37.0 Å². The number of hydrogen-bond donors (Lipinski definition) is 0. The molecule has 3 aliphatic rings. The van der Waals surface area contributed by atoms with E-state index in [1.807, 2.05) is 0 Å². The number of rotatable bonds is 4. The van der Waals surface area contributed by atoms with Crippen LogP contribution in [0.4, 0.5) is 4.79 Å². The minimum atomic E-state index is -0.510. The Hall–Kier alpha value is -1.25. The molecule has 0 aromatic heterocycles. The molecule has 0 aromatic rings. The van der Waals surface area contributed by atoms with Gasteiger partial charge < -0.3 is 9.64 Å². The number of amides is 1. The first-order valence-corrected chi connectivity index (χ1v) is 10.5. The molecule has 0 bridgehead atoms. The Morgan fingerprint density at radius 3 is 2.04 bits per heavy atom. The van der Waals surface area contributed by atoms with Crippen LogP contribution in [0, 0.1) is 0 Å². The normalized spacial score (nSPS) is 23.2. The maximum Gasteiger partial charge on any atom is 0.411 e. The average molecular weight is 346 g/mol. The van der Waals surface area contributed by atoms with Crippen molar-refractivity contribution in [1.29, 1.82) is 0 Å². The average Bonchev–Trinajstić information content (AvgIpc) is 2.64. The molecule has 3 aliphatic carbocycles. The summed E-state index contributed by atoms with van der Waals surface area (Å²) >= 11 is 0. The predicted molar refractivity (Wildman–Crippen MR) is 103 cm³/mol. The van der Waals surface area contributed by atoms with E-state index in [-0.39, 0.29) is 6.09 Å². The first-order chi connectivity index (χ1) is 12.1. The fourth-order valence-corrected chi connectivity index (χ4v) is 4.76. The lowest BCUT2D eigenvalue weighted by atomic mass is 9.88. The second kappa shape index (κ2) is 8.42. The Morgan fingerprint density at radius 2 is 1.56 bits per heavy atom. The Balaban J connectivity index is 1.73. The Morgan fingerprint density at radius 1 is 1.00 bits per heavy atom. The summed E-state index contributed by atoms with van der Waals surface area (Å²) in [7, 11) is 0. The molecular formula is C22H35NO2. The van der Waals surface area contributed by atoms with Gasteiger partial charge in [0.15, 0.2) is 0 Å². The van der Waals surface area contributed by atoms with Crippen LogP contribution in [-0.2, 0) is 4.74 Å². The number of ether oxygens (including phenoxy) is 1. The fourth-order valence-electron chi connectivity index (χ4n) is 4.76. The molecule has 0 saturated heterocycles. The summed E-state index contributed by atoms with van der Waals surface area (Å²) in [5.74, 6) is 0. The number of hydrogen-bond acceptors (Lipinski definition) is 2.